The van der Waals surface area contributed by atoms with E-state index in [0.717, 1.165) is 38.5 Å². The minimum Gasteiger partial charge on any atom is -0.336 e. The van der Waals surface area contributed by atoms with E-state index in [4.69, 9.17) is 0 Å². The fraction of sp³-hybridized carbons (Fsp3) is 0.789. The maximum absolute atomic E-state index is 13.3. The fourth-order valence-corrected chi connectivity index (χ4v) is 6.53. The van der Waals surface area contributed by atoms with Crippen molar-refractivity contribution in [3.05, 3.63) is 18.0 Å². The largest absolute Gasteiger partial charge is 0.336 e. The zero-order chi connectivity index (χ0) is 19.2. The normalized spacial score (nSPS) is 32.0. The average molecular weight is 395 g/mol. The molecule has 7 nitrogen and oxygen atoms in total. The summed E-state index contributed by atoms with van der Waals surface area (Å²) < 4.78 is 28.0. The molecule has 150 valence electrons. The van der Waals surface area contributed by atoms with E-state index in [0.29, 0.717) is 19.0 Å². The van der Waals surface area contributed by atoms with Crippen molar-refractivity contribution in [1.82, 2.24) is 19.0 Å². The van der Waals surface area contributed by atoms with Crippen molar-refractivity contribution in [2.75, 3.05) is 18.8 Å². The van der Waals surface area contributed by atoms with Crippen molar-refractivity contribution in [3.8, 4) is 0 Å². The molecule has 3 aliphatic heterocycles. The Morgan fingerprint density at radius 1 is 1.22 bits per heavy atom. The number of amides is 1. The zero-order valence-electron chi connectivity index (χ0n) is 16.2. The number of nitrogens with zero attached hydrogens (tertiary/aromatic N) is 4. The second-order valence-electron chi connectivity index (χ2n) is 8.28. The van der Waals surface area contributed by atoms with Gasteiger partial charge in [0.2, 0.25) is 15.9 Å². The smallest absolute Gasteiger partial charge is 0.227 e. The lowest BCUT2D eigenvalue weighted by Gasteiger charge is -2.42. The highest BCUT2D eigenvalue weighted by atomic mass is 32.2. The van der Waals surface area contributed by atoms with Crippen molar-refractivity contribution < 1.29 is 13.2 Å². The van der Waals surface area contributed by atoms with Crippen LogP contribution >= 0.6 is 0 Å². The first kappa shape index (κ1) is 18.9. The van der Waals surface area contributed by atoms with Crippen molar-refractivity contribution in [3.63, 3.8) is 0 Å². The van der Waals surface area contributed by atoms with Crippen molar-refractivity contribution in [1.29, 1.82) is 0 Å². The van der Waals surface area contributed by atoms with Gasteiger partial charge in [0.1, 0.15) is 0 Å². The Balaban J connectivity index is 1.47. The number of aromatic nitrogens is 2. The van der Waals surface area contributed by atoms with Gasteiger partial charge in [0, 0.05) is 50.0 Å². The second kappa shape index (κ2) is 7.20. The lowest BCUT2D eigenvalue weighted by atomic mass is 9.86. The minimum absolute atomic E-state index is 0.106. The molecule has 1 amide bonds. The quantitative estimate of drug-likeness (QED) is 0.779. The molecule has 8 heteroatoms. The van der Waals surface area contributed by atoms with Gasteiger partial charge in [-0.25, -0.2) is 12.7 Å². The van der Waals surface area contributed by atoms with Gasteiger partial charge in [-0.15, -0.1) is 0 Å². The van der Waals surface area contributed by atoms with Crippen LogP contribution in [-0.2, 0) is 21.9 Å². The molecule has 3 aliphatic rings. The molecular weight excluding hydrogens is 364 g/mol. The third-order valence-corrected chi connectivity index (χ3v) is 8.60. The molecule has 1 aromatic rings. The van der Waals surface area contributed by atoms with E-state index < -0.39 is 10.0 Å². The molecule has 0 spiro atoms. The molecule has 0 N–H and O–H groups in total. The SMILES string of the molecule is CCS(=O)(=O)N1CCCC(C(=O)N2C3CCC2CC(c2ccnn2C)C3)C1. The minimum atomic E-state index is -3.22. The van der Waals surface area contributed by atoms with Crippen LogP contribution in [0.25, 0.3) is 0 Å². The van der Waals surface area contributed by atoms with Gasteiger partial charge in [-0.2, -0.15) is 5.10 Å². The van der Waals surface area contributed by atoms with Crippen molar-refractivity contribution in [2.24, 2.45) is 13.0 Å². The second-order valence-corrected chi connectivity index (χ2v) is 10.5. The van der Waals surface area contributed by atoms with Crippen molar-refractivity contribution >= 4 is 15.9 Å². The van der Waals surface area contributed by atoms with Crippen LogP contribution in [-0.4, -0.2) is 64.2 Å². The summed E-state index contributed by atoms with van der Waals surface area (Å²) in [6.45, 7) is 2.58. The number of sulfonamides is 1. The number of fused-ring (bicyclic) bond motifs is 2. The molecular formula is C19H30N4O3S. The Morgan fingerprint density at radius 3 is 2.52 bits per heavy atom. The van der Waals surface area contributed by atoms with E-state index in [9.17, 15) is 13.2 Å². The van der Waals surface area contributed by atoms with E-state index in [1.807, 2.05) is 17.9 Å². The lowest BCUT2D eigenvalue weighted by Crippen LogP contribution is -2.52. The predicted molar refractivity (Wildman–Crippen MR) is 103 cm³/mol. The number of carbonyl (C=O) groups excluding carboxylic acids is 1. The number of rotatable bonds is 4. The number of piperidine rings is 2. The van der Waals surface area contributed by atoms with Crippen LogP contribution in [0.5, 0.6) is 0 Å². The maximum Gasteiger partial charge on any atom is 0.227 e. The van der Waals surface area contributed by atoms with Crippen molar-refractivity contribution in [2.45, 2.75) is 63.5 Å². The molecule has 0 saturated carbocycles. The average Bonchev–Trinajstić information content (AvgIpc) is 3.21. The number of hydrogen-bond donors (Lipinski definition) is 0. The molecule has 0 radical (unpaired) electrons. The van der Waals surface area contributed by atoms with Gasteiger partial charge in [0.25, 0.3) is 0 Å². The van der Waals surface area contributed by atoms with Crippen LogP contribution in [0.3, 0.4) is 0 Å². The number of carbonyl (C=O) groups is 1. The van der Waals surface area contributed by atoms with Gasteiger partial charge < -0.3 is 4.90 Å². The molecule has 1 aromatic heterocycles. The third-order valence-electron chi connectivity index (χ3n) is 6.76. The zero-order valence-corrected chi connectivity index (χ0v) is 17.1. The first-order chi connectivity index (χ1) is 12.9. The summed E-state index contributed by atoms with van der Waals surface area (Å²) in [6.07, 6.45) is 7.53. The summed E-state index contributed by atoms with van der Waals surface area (Å²) in [5.41, 5.74) is 1.26. The monoisotopic (exact) mass is 394 g/mol. The van der Waals surface area contributed by atoms with E-state index in [-0.39, 0.29) is 29.7 Å². The molecule has 3 unspecified atom stereocenters. The van der Waals surface area contributed by atoms with Crippen LogP contribution < -0.4 is 0 Å². The highest BCUT2D eigenvalue weighted by Crippen LogP contribution is 2.44. The van der Waals surface area contributed by atoms with Gasteiger partial charge >= 0.3 is 0 Å². The molecule has 3 saturated heterocycles. The third kappa shape index (κ3) is 3.42. The predicted octanol–water partition coefficient (Wildman–Crippen LogP) is 1.72. The summed E-state index contributed by atoms with van der Waals surface area (Å²) in [5.74, 6) is 0.565. The van der Waals surface area contributed by atoms with Crippen LogP contribution in [0.1, 0.15) is 57.1 Å². The Kier molecular flexibility index (Phi) is 5.05. The number of aryl methyl sites for hydroxylation is 1. The number of hydrogen-bond acceptors (Lipinski definition) is 4. The van der Waals surface area contributed by atoms with Gasteiger partial charge in [-0.1, -0.05) is 0 Å². The lowest BCUT2D eigenvalue weighted by molar-refractivity contribution is -0.141. The highest BCUT2D eigenvalue weighted by molar-refractivity contribution is 7.89. The standard InChI is InChI=1S/C19H30N4O3S/c1-3-27(25,26)22-10-4-5-14(13-22)19(24)23-16-6-7-17(23)12-15(11-16)18-8-9-20-21(18)2/h8-9,14-17H,3-7,10-13H2,1-2H3. The highest BCUT2D eigenvalue weighted by Gasteiger charge is 2.46. The molecule has 3 atom stereocenters. The van der Waals surface area contributed by atoms with Crippen LogP contribution in [0.15, 0.2) is 12.3 Å². The van der Waals surface area contributed by atoms with Crippen LogP contribution in [0, 0.1) is 5.92 Å². The van der Waals surface area contributed by atoms with Crippen LogP contribution in [0.2, 0.25) is 0 Å². The van der Waals surface area contributed by atoms with Gasteiger partial charge in [-0.05, 0) is 51.5 Å². The summed E-state index contributed by atoms with van der Waals surface area (Å²) in [7, 11) is -1.23. The molecule has 4 rings (SSSR count). The molecule has 27 heavy (non-hydrogen) atoms. The molecule has 0 aliphatic carbocycles. The molecule has 3 fully saturated rings. The van der Waals surface area contributed by atoms with E-state index >= 15 is 0 Å². The summed E-state index contributed by atoms with van der Waals surface area (Å²) in [4.78, 5) is 15.4. The topological polar surface area (TPSA) is 75.5 Å². The Labute approximate surface area is 161 Å². The Morgan fingerprint density at radius 2 is 1.93 bits per heavy atom. The summed E-state index contributed by atoms with van der Waals surface area (Å²) >= 11 is 0. The van der Waals surface area contributed by atoms with Gasteiger partial charge in [0.15, 0.2) is 0 Å². The molecule has 0 aromatic carbocycles. The van der Waals surface area contributed by atoms with E-state index in [1.165, 1.54) is 10.00 Å². The van der Waals surface area contributed by atoms with Gasteiger partial charge in [0.05, 0.1) is 11.7 Å². The van der Waals surface area contributed by atoms with Crippen LogP contribution in [0.4, 0.5) is 0 Å². The summed E-state index contributed by atoms with van der Waals surface area (Å²) in [5, 5.41) is 4.30. The molecule has 4 heterocycles. The maximum atomic E-state index is 13.3. The Hall–Kier alpha value is -1.41. The van der Waals surface area contributed by atoms with E-state index in [1.54, 1.807) is 6.92 Å². The first-order valence-corrected chi connectivity index (χ1v) is 11.8. The Bertz CT molecular complexity index is 792. The summed E-state index contributed by atoms with van der Waals surface area (Å²) in [6, 6.07) is 2.67. The van der Waals surface area contributed by atoms with Gasteiger partial charge in [-0.3, -0.25) is 9.48 Å². The fourth-order valence-electron chi connectivity index (χ4n) is 5.35. The first-order valence-electron chi connectivity index (χ1n) is 10.2. The van der Waals surface area contributed by atoms with E-state index in [2.05, 4.69) is 16.1 Å². The molecule has 2 bridgehead atoms.